The van der Waals surface area contributed by atoms with Crippen LogP contribution in [0.3, 0.4) is 0 Å². The lowest BCUT2D eigenvalue weighted by Crippen LogP contribution is -3.00. The van der Waals surface area contributed by atoms with Crippen LogP contribution in [0.4, 0.5) is 4.79 Å². The Kier molecular flexibility index (Phi) is 24.7. The number of amides is 1. The van der Waals surface area contributed by atoms with Gasteiger partial charge in [0, 0.05) is 13.2 Å². The maximum Gasteiger partial charge on any atom is 0.408 e. The second-order valence-electron chi connectivity index (χ2n) is 14.9. The van der Waals surface area contributed by atoms with Crippen molar-refractivity contribution < 1.29 is 79.0 Å². The summed E-state index contributed by atoms with van der Waals surface area (Å²) in [5.74, 6) is -3.16. The Bertz CT molecular complexity index is 1130. The van der Waals surface area contributed by atoms with Crippen molar-refractivity contribution in [2.24, 2.45) is 17.8 Å². The monoisotopic (exact) mass is 795 g/mol. The van der Waals surface area contributed by atoms with E-state index in [-0.39, 0.29) is 56.6 Å². The number of esters is 4. The molecule has 2 fully saturated rings. The molecule has 1 N–H and O–H groups in total. The second kappa shape index (κ2) is 26.1. The molecule has 0 spiro atoms. The first-order chi connectivity index (χ1) is 24.8. The van der Waals surface area contributed by atoms with Crippen LogP contribution in [-0.4, -0.2) is 118 Å². The molecule has 0 radical (unpaired) electrons. The smallest absolute Gasteiger partial charge is 0.408 e. The van der Waals surface area contributed by atoms with E-state index >= 15 is 0 Å². The number of hydrogen-bond acceptors (Lipinski definition) is 14. The summed E-state index contributed by atoms with van der Waals surface area (Å²) in [5, 5.41) is 2.47. The van der Waals surface area contributed by atoms with Crippen LogP contribution in [-0.2, 0) is 61.8 Å². The predicted molar refractivity (Wildman–Crippen MR) is 193 cm³/mol. The Hall–Kier alpha value is -2.85. The summed E-state index contributed by atoms with van der Waals surface area (Å²) >= 11 is 0. The van der Waals surface area contributed by atoms with Gasteiger partial charge in [-0.2, -0.15) is 0 Å². The number of carbonyl (C=O) groups is 5. The van der Waals surface area contributed by atoms with Gasteiger partial charge in [-0.3, -0.25) is 9.59 Å². The molecule has 0 aromatic heterocycles. The summed E-state index contributed by atoms with van der Waals surface area (Å²) in [6.45, 7) is 24.6. The van der Waals surface area contributed by atoms with Gasteiger partial charge in [-0.1, -0.05) is 54.4 Å². The molecule has 1 amide bonds. The zero-order valence-electron chi connectivity index (χ0n) is 34.1. The van der Waals surface area contributed by atoms with Gasteiger partial charge >= 0.3 is 30.0 Å². The van der Waals surface area contributed by atoms with Crippen LogP contribution < -0.4 is 17.7 Å². The van der Waals surface area contributed by atoms with Gasteiger partial charge in [0.05, 0.1) is 38.6 Å². The summed E-state index contributed by atoms with van der Waals surface area (Å²) in [5.41, 5.74) is -0.713. The summed E-state index contributed by atoms with van der Waals surface area (Å²) < 4.78 is 50.1. The van der Waals surface area contributed by atoms with Crippen LogP contribution >= 0.6 is 0 Å². The molecule has 0 aliphatic carbocycles. The summed E-state index contributed by atoms with van der Waals surface area (Å²) in [7, 11) is 0. The van der Waals surface area contributed by atoms with Crippen molar-refractivity contribution in [2.75, 3.05) is 39.6 Å². The number of alkyl carbamates (subject to hydrolysis) is 1. The van der Waals surface area contributed by atoms with E-state index in [0.717, 1.165) is 25.7 Å². The molecule has 2 rings (SSSR count). The lowest BCUT2D eigenvalue weighted by molar-refractivity contribution is -0.183. The zero-order chi connectivity index (χ0) is 40.3. The third-order valence-electron chi connectivity index (χ3n) is 7.85. The Labute approximate surface area is 328 Å². The minimum absolute atomic E-state index is 0. The topological polar surface area (TPSA) is 180 Å². The Morgan fingerprint density at radius 1 is 0.759 bits per heavy atom. The van der Waals surface area contributed by atoms with Crippen molar-refractivity contribution in [3.8, 4) is 0 Å². The normalized spacial score (nSPS) is 26.7. The zero-order valence-corrected chi connectivity index (χ0v) is 34.9. The van der Waals surface area contributed by atoms with E-state index < -0.39 is 78.2 Å². The first-order valence-corrected chi connectivity index (χ1v) is 18.8. The fraction of sp³-hybridized carbons (Fsp3) is 0.842. The van der Waals surface area contributed by atoms with Gasteiger partial charge in [-0.05, 0) is 47.5 Å². The van der Waals surface area contributed by atoms with Crippen molar-refractivity contribution in [2.45, 2.75) is 150 Å². The van der Waals surface area contributed by atoms with Crippen LogP contribution in [0.2, 0.25) is 0 Å². The van der Waals surface area contributed by atoms with Crippen LogP contribution in [0.15, 0.2) is 0 Å². The summed E-state index contributed by atoms with van der Waals surface area (Å²) in [4.78, 5) is 60.8. The quantitative estimate of drug-likeness (QED) is 0.123. The minimum Gasteiger partial charge on any atom is -1.00 e. The number of ether oxygens (including phenoxy) is 9. The van der Waals surface area contributed by atoms with E-state index in [1.807, 2.05) is 6.92 Å². The Morgan fingerprint density at radius 3 is 1.59 bits per heavy atom. The number of carbonyl (C=O) groups excluding carboxylic acids is 5. The molecule has 2 heterocycles. The van der Waals surface area contributed by atoms with E-state index in [9.17, 15) is 24.0 Å². The second-order valence-corrected chi connectivity index (χ2v) is 14.9. The summed E-state index contributed by atoms with van der Waals surface area (Å²) in [6, 6.07) is -1.06. The standard InChI is InChI=1S/C21H37NO8.C17H29O6.ClH/c1-8-9-10-27-16-12-26-11-15(22-20(25)30-21(5,6)7)19(24)28-14(4)17(16)29-18(23)13(2)3;1-6-7-8-21-14-10-20-9-12(4)17(19)22-13(5)15(14)23-16(18)11(2)3;/h13-17H,8-12H2,1-7H3,(H,22,25);11-15H,4,6-10H2,1-3,5H3;1H/q;+1;/p-1/t14-,15-,16-,17-;12-,13-,14-,15-;/m00./s1. The molecule has 15 nitrogen and oxygen atoms in total. The van der Waals surface area contributed by atoms with Crippen LogP contribution in [0, 0.1) is 24.7 Å². The van der Waals surface area contributed by atoms with Gasteiger partial charge < -0.3 is 60.4 Å². The molecule has 0 bridgehead atoms. The van der Waals surface area contributed by atoms with Crippen molar-refractivity contribution in [3.05, 3.63) is 6.92 Å². The molecule has 16 heteroatoms. The third kappa shape index (κ3) is 19.7. The number of unbranched alkanes of at least 4 members (excludes halogenated alkanes) is 2. The number of nitrogens with one attached hydrogen (secondary N) is 1. The number of rotatable bonds is 13. The Morgan fingerprint density at radius 2 is 1.19 bits per heavy atom. The van der Waals surface area contributed by atoms with Gasteiger partial charge in [0.1, 0.15) is 36.6 Å². The molecule has 314 valence electrons. The van der Waals surface area contributed by atoms with Gasteiger partial charge in [0.15, 0.2) is 18.2 Å². The van der Waals surface area contributed by atoms with Gasteiger partial charge in [0.2, 0.25) is 5.92 Å². The predicted octanol–water partition coefficient (Wildman–Crippen LogP) is 1.75. The number of cyclic esters (lactones) is 2. The Balaban J connectivity index is 0.00000106. The molecule has 0 unspecified atom stereocenters. The lowest BCUT2D eigenvalue weighted by atomic mass is 10.1. The van der Waals surface area contributed by atoms with Crippen LogP contribution in [0.25, 0.3) is 0 Å². The highest BCUT2D eigenvalue weighted by Gasteiger charge is 2.40. The lowest BCUT2D eigenvalue weighted by Gasteiger charge is -2.30. The number of hydrogen-bond donors (Lipinski definition) is 1. The average molecular weight is 796 g/mol. The molecule has 0 aromatic rings. The molecule has 0 aromatic carbocycles. The van der Waals surface area contributed by atoms with Crippen molar-refractivity contribution >= 4 is 30.0 Å². The van der Waals surface area contributed by atoms with E-state index in [4.69, 9.17) is 42.6 Å². The van der Waals surface area contributed by atoms with E-state index in [2.05, 4.69) is 19.2 Å². The van der Waals surface area contributed by atoms with Gasteiger partial charge in [-0.15, -0.1) is 0 Å². The molecule has 8 atom stereocenters. The highest BCUT2D eigenvalue weighted by molar-refractivity contribution is 5.82. The fourth-order valence-corrected chi connectivity index (χ4v) is 4.72. The first-order valence-electron chi connectivity index (χ1n) is 18.8. The third-order valence-corrected chi connectivity index (χ3v) is 7.85. The minimum atomic E-state index is -1.06. The maximum absolute atomic E-state index is 12.6. The maximum atomic E-state index is 12.6. The highest BCUT2D eigenvalue weighted by Crippen LogP contribution is 2.21. The van der Waals surface area contributed by atoms with E-state index in [1.165, 1.54) is 0 Å². The van der Waals surface area contributed by atoms with Crippen molar-refractivity contribution in [3.63, 3.8) is 0 Å². The average Bonchev–Trinajstić information content (AvgIpc) is 3.14. The molecule has 54 heavy (non-hydrogen) atoms. The molecular formula is C38H66ClNO14. The molecule has 0 saturated carbocycles. The van der Waals surface area contributed by atoms with Crippen LogP contribution in [0.5, 0.6) is 0 Å². The highest BCUT2D eigenvalue weighted by atomic mass is 35.5. The van der Waals surface area contributed by atoms with E-state index in [0.29, 0.717) is 13.2 Å². The molecule has 2 saturated heterocycles. The van der Waals surface area contributed by atoms with Crippen LogP contribution in [0.1, 0.15) is 102 Å². The SMILES string of the molecule is CCCCO[C@H]1COC[C@H](NC(=O)OC(C)(C)C)C(=O)O[C@@H](C)[C@@H]1OC(=O)C(C)C.[CH2+][C@H]1COC[C@H](OCCCC)[C@@H](OC(=O)C(C)C)[C@H](C)OC1=O.[Cl-]. The largest absolute Gasteiger partial charge is 1.00 e. The van der Waals surface area contributed by atoms with Crippen molar-refractivity contribution in [1.82, 2.24) is 5.32 Å². The number of halogens is 1. The van der Waals surface area contributed by atoms with Crippen molar-refractivity contribution in [1.29, 1.82) is 0 Å². The molecule has 2 aliphatic heterocycles. The molecule has 2 aliphatic rings. The fourth-order valence-electron chi connectivity index (χ4n) is 4.72. The van der Waals surface area contributed by atoms with E-state index in [1.54, 1.807) is 62.3 Å². The van der Waals surface area contributed by atoms with Gasteiger partial charge in [0.25, 0.3) is 0 Å². The summed E-state index contributed by atoms with van der Waals surface area (Å²) in [6.07, 6.45) is -1.12. The molecular weight excluding hydrogens is 730 g/mol. The first kappa shape index (κ1) is 51.1. The van der Waals surface area contributed by atoms with Gasteiger partial charge in [-0.25, -0.2) is 14.4 Å².